The summed E-state index contributed by atoms with van der Waals surface area (Å²) in [6.07, 6.45) is 9.92. The SMILES string of the molecule is COC(=O)C1CCC2C(C1)N(CC1NC(C3CCCCC3C)OC1C)C(=O)C1CCCN12. The second kappa shape index (κ2) is 9.22. The van der Waals surface area contributed by atoms with E-state index in [1.807, 2.05) is 0 Å². The highest BCUT2D eigenvalue weighted by molar-refractivity contribution is 5.84. The van der Waals surface area contributed by atoms with Crippen LogP contribution in [0.2, 0.25) is 0 Å². The topological polar surface area (TPSA) is 71.1 Å². The maximum atomic E-state index is 13.6. The molecule has 3 saturated heterocycles. The van der Waals surface area contributed by atoms with Gasteiger partial charge in [-0.3, -0.25) is 19.8 Å². The number of amides is 1. The van der Waals surface area contributed by atoms with E-state index in [1.165, 1.54) is 32.8 Å². The van der Waals surface area contributed by atoms with E-state index < -0.39 is 0 Å². The number of carbonyl (C=O) groups is 2. The summed E-state index contributed by atoms with van der Waals surface area (Å²) in [5.41, 5.74) is 0. The molecule has 9 unspecified atom stereocenters. The first-order chi connectivity index (χ1) is 15.5. The molecule has 0 aromatic rings. The van der Waals surface area contributed by atoms with Crippen molar-refractivity contribution in [2.45, 2.75) is 108 Å². The molecular weight excluding hydrogens is 406 g/mol. The lowest BCUT2D eigenvalue weighted by molar-refractivity contribution is -0.158. The highest BCUT2D eigenvalue weighted by atomic mass is 16.5. The van der Waals surface area contributed by atoms with Gasteiger partial charge < -0.3 is 14.4 Å². The number of rotatable bonds is 4. The Bertz CT molecular complexity index is 717. The maximum Gasteiger partial charge on any atom is 0.308 e. The maximum absolute atomic E-state index is 13.6. The third kappa shape index (κ3) is 3.98. The summed E-state index contributed by atoms with van der Waals surface area (Å²) in [5.74, 6) is 1.28. The van der Waals surface area contributed by atoms with E-state index in [0.29, 0.717) is 24.4 Å². The summed E-state index contributed by atoms with van der Waals surface area (Å²) in [4.78, 5) is 30.6. The molecule has 5 rings (SSSR count). The number of hydrogen-bond donors (Lipinski definition) is 1. The zero-order valence-corrected chi connectivity index (χ0v) is 20.0. The van der Waals surface area contributed by atoms with Crippen LogP contribution < -0.4 is 5.32 Å². The van der Waals surface area contributed by atoms with E-state index in [9.17, 15) is 9.59 Å². The molecule has 3 heterocycles. The van der Waals surface area contributed by atoms with E-state index in [4.69, 9.17) is 9.47 Å². The monoisotopic (exact) mass is 447 g/mol. The fourth-order valence-corrected chi connectivity index (χ4v) is 7.41. The van der Waals surface area contributed by atoms with Crippen LogP contribution in [0, 0.1) is 17.8 Å². The number of ether oxygens (including phenoxy) is 2. The van der Waals surface area contributed by atoms with Gasteiger partial charge in [-0.25, -0.2) is 0 Å². The van der Waals surface area contributed by atoms with E-state index in [-0.39, 0.29) is 48.3 Å². The zero-order chi connectivity index (χ0) is 22.4. The normalized spacial score (nSPS) is 44.9. The van der Waals surface area contributed by atoms with Gasteiger partial charge in [-0.15, -0.1) is 0 Å². The fourth-order valence-electron chi connectivity index (χ4n) is 7.41. The average molecular weight is 448 g/mol. The van der Waals surface area contributed by atoms with E-state index in [2.05, 4.69) is 29.0 Å². The number of hydrogen-bond acceptors (Lipinski definition) is 6. The van der Waals surface area contributed by atoms with E-state index in [1.54, 1.807) is 0 Å². The number of esters is 1. The van der Waals surface area contributed by atoms with E-state index >= 15 is 0 Å². The Kier molecular flexibility index (Phi) is 6.52. The van der Waals surface area contributed by atoms with Crippen LogP contribution in [0.5, 0.6) is 0 Å². The molecule has 180 valence electrons. The Morgan fingerprint density at radius 3 is 2.69 bits per heavy atom. The Labute approximate surface area is 192 Å². The summed E-state index contributed by atoms with van der Waals surface area (Å²) in [7, 11) is 1.47. The number of carbonyl (C=O) groups excluding carboxylic acids is 2. The van der Waals surface area contributed by atoms with Gasteiger partial charge in [0, 0.05) is 24.5 Å². The smallest absolute Gasteiger partial charge is 0.308 e. The van der Waals surface area contributed by atoms with E-state index in [0.717, 1.165) is 38.6 Å². The van der Waals surface area contributed by atoms with Crippen LogP contribution in [-0.2, 0) is 19.1 Å². The molecule has 5 aliphatic rings. The average Bonchev–Trinajstić information content (AvgIpc) is 3.43. The lowest BCUT2D eigenvalue weighted by Gasteiger charge is -2.52. The van der Waals surface area contributed by atoms with Crippen molar-refractivity contribution in [1.29, 1.82) is 0 Å². The zero-order valence-electron chi connectivity index (χ0n) is 20.0. The van der Waals surface area contributed by atoms with Gasteiger partial charge in [0.2, 0.25) is 5.91 Å². The molecule has 0 aromatic carbocycles. The van der Waals surface area contributed by atoms with Gasteiger partial charge in [-0.1, -0.05) is 26.2 Å². The van der Waals surface area contributed by atoms with Gasteiger partial charge in [-0.2, -0.15) is 0 Å². The molecule has 2 aliphatic carbocycles. The summed E-state index contributed by atoms with van der Waals surface area (Å²) >= 11 is 0. The molecule has 1 amide bonds. The lowest BCUT2D eigenvalue weighted by atomic mass is 9.78. The van der Waals surface area contributed by atoms with Crippen molar-refractivity contribution in [2.75, 3.05) is 20.2 Å². The Balaban J connectivity index is 1.32. The molecule has 7 nitrogen and oxygen atoms in total. The minimum Gasteiger partial charge on any atom is -0.469 e. The van der Waals surface area contributed by atoms with Crippen molar-refractivity contribution in [1.82, 2.24) is 15.1 Å². The van der Waals surface area contributed by atoms with Crippen LogP contribution in [0.3, 0.4) is 0 Å². The summed E-state index contributed by atoms with van der Waals surface area (Å²) in [6, 6.07) is 0.632. The molecule has 32 heavy (non-hydrogen) atoms. The molecule has 1 N–H and O–H groups in total. The molecular formula is C25H41N3O4. The van der Waals surface area contributed by atoms with Crippen molar-refractivity contribution >= 4 is 11.9 Å². The molecule has 5 fully saturated rings. The number of fused-ring (bicyclic) bond motifs is 3. The van der Waals surface area contributed by atoms with Crippen LogP contribution >= 0.6 is 0 Å². The van der Waals surface area contributed by atoms with Crippen LogP contribution in [-0.4, -0.2) is 78.4 Å². The molecule has 3 aliphatic heterocycles. The van der Waals surface area contributed by atoms with Gasteiger partial charge in [-0.05, 0) is 57.9 Å². The third-order valence-corrected chi connectivity index (χ3v) is 9.27. The predicted molar refractivity (Wildman–Crippen MR) is 121 cm³/mol. The fraction of sp³-hybridized carbons (Fsp3) is 0.920. The minimum atomic E-state index is -0.124. The standard InChI is InChI=1S/C25H41N3O4/c1-15-7-4-5-8-18(15)23-26-19(16(2)32-23)14-28-22-13-17(25(30)31-3)10-11-20(22)27-12-6-9-21(27)24(28)29/h15-23,26H,4-14H2,1-3H3. The van der Waals surface area contributed by atoms with Gasteiger partial charge in [0.15, 0.2) is 0 Å². The molecule has 0 radical (unpaired) electrons. The van der Waals surface area contributed by atoms with Crippen LogP contribution in [0.25, 0.3) is 0 Å². The number of nitrogens with one attached hydrogen (secondary N) is 1. The van der Waals surface area contributed by atoms with Gasteiger partial charge in [0.1, 0.15) is 6.23 Å². The van der Waals surface area contributed by atoms with Crippen molar-refractivity contribution < 1.29 is 19.1 Å². The minimum absolute atomic E-state index is 0.0257. The summed E-state index contributed by atoms with van der Waals surface area (Å²) < 4.78 is 11.5. The van der Waals surface area contributed by atoms with Gasteiger partial charge in [0.25, 0.3) is 0 Å². The molecule has 9 atom stereocenters. The van der Waals surface area contributed by atoms with Crippen molar-refractivity contribution in [3.8, 4) is 0 Å². The first kappa shape index (κ1) is 22.6. The predicted octanol–water partition coefficient (Wildman–Crippen LogP) is 2.53. The lowest BCUT2D eigenvalue weighted by Crippen LogP contribution is -2.68. The number of piperazine rings is 1. The Morgan fingerprint density at radius 2 is 1.91 bits per heavy atom. The Hall–Kier alpha value is -1.18. The first-order valence-corrected chi connectivity index (χ1v) is 13.0. The quantitative estimate of drug-likeness (QED) is 0.668. The molecule has 0 aromatic heterocycles. The Morgan fingerprint density at radius 1 is 1.09 bits per heavy atom. The molecule has 7 heteroatoms. The molecule has 0 bridgehead atoms. The molecule has 0 spiro atoms. The van der Waals surface area contributed by atoms with Gasteiger partial charge in [0.05, 0.1) is 31.2 Å². The van der Waals surface area contributed by atoms with Crippen molar-refractivity contribution in [2.24, 2.45) is 17.8 Å². The number of nitrogens with zero attached hydrogens (tertiary/aromatic N) is 2. The molecule has 2 saturated carbocycles. The van der Waals surface area contributed by atoms with Crippen LogP contribution in [0.4, 0.5) is 0 Å². The largest absolute Gasteiger partial charge is 0.469 e. The highest BCUT2D eigenvalue weighted by Crippen LogP contribution is 2.41. The third-order valence-electron chi connectivity index (χ3n) is 9.27. The summed E-state index contributed by atoms with van der Waals surface area (Å²) in [5, 5.41) is 3.79. The number of methoxy groups -OCH3 is 1. The highest BCUT2D eigenvalue weighted by Gasteiger charge is 2.52. The second-order valence-electron chi connectivity index (χ2n) is 11.0. The van der Waals surface area contributed by atoms with Crippen molar-refractivity contribution in [3.05, 3.63) is 0 Å². The summed E-state index contributed by atoms with van der Waals surface area (Å²) in [6.45, 7) is 6.19. The first-order valence-electron chi connectivity index (χ1n) is 13.0. The second-order valence-corrected chi connectivity index (χ2v) is 11.0. The van der Waals surface area contributed by atoms with Gasteiger partial charge >= 0.3 is 5.97 Å². The van der Waals surface area contributed by atoms with Crippen LogP contribution in [0.1, 0.15) is 71.6 Å². The van der Waals surface area contributed by atoms with Crippen LogP contribution in [0.15, 0.2) is 0 Å². The van der Waals surface area contributed by atoms with Crippen molar-refractivity contribution in [3.63, 3.8) is 0 Å².